The number of nitrogens with one attached hydrogen (secondary N) is 1. The van der Waals surface area contributed by atoms with Crippen LogP contribution in [0.2, 0.25) is 0 Å². The lowest BCUT2D eigenvalue weighted by Crippen LogP contribution is -2.15. The van der Waals surface area contributed by atoms with Crippen LogP contribution in [0.4, 0.5) is 0 Å². The molecule has 0 aromatic carbocycles. The van der Waals surface area contributed by atoms with E-state index in [-0.39, 0.29) is 0 Å². The maximum Gasteiger partial charge on any atom is 0.171 e. The number of thiazole rings is 1. The van der Waals surface area contributed by atoms with Crippen LogP contribution in [0.15, 0.2) is 24.1 Å². The topological polar surface area (TPSA) is 50.7 Å². The van der Waals surface area contributed by atoms with Crippen LogP contribution >= 0.6 is 11.3 Å². The van der Waals surface area contributed by atoms with Gasteiger partial charge in [0.2, 0.25) is 0 Å². The van der Waals surface area contributed by atoms with Crippen LogP contribution in [-0.4, -0.2) is 21.0 Å². The molecule has 0 aliphatic heterocycles. The Hall–Kier alpha value is -1.33. The molecule has 1 N–H and O–H groups in total. The van der Waals surface area contributed by atoms with Gasteiger partial charge >= 0.3 is 0 Å². The molecule has 3 rings (SSSR count). The number of aromatic nitrogens is 3. The first-order valence-corrected chi connectivity index (χ1v) is 6.23. The van der Waals surface area contributed by atoms with Crippen LogP contribution < -0.4 is 5.32 Å². The van der Waals surface area contributed by atoms with Gasteiger partial charge in [-0.2, -0.15) is 0 Å². The van der Waals surface area contributed by atoms with Crippen molar-refractivity contribution in [2.24, 2.45) is 0 Å². The first kappa shape index (κ1) is 9.86. The number of hydrogen-bond donors (Lipinski definition) is 1. The van der Waals surface area contributed by atoms with Crippen LogP contribution in [0.3, 0.4) is 0 Å². The zero-order valence-corrected chi connectivity index (χ0v) is 9.57. The highest BCUT2D eigenvalue weighted by Crippen LogP contribution is 2.20. The minimum absolute atomic E-state index is 0.723. The third kappa shape index (κ3) is 2.25. The number of hydrogen-bond acceptors (Lipinski definition) is 5. The summed E-state index contributed by atoms with van der Waals surface area (Å²) in [5.41, 5.74) is 2.93. The maximum atomic E-state index is 4.34. The molecule has 0 bridgehead atoms. The molecule has 0 atom stereocenters. The molecule has 1 fully saturated rings. The van der Waals surface area contributed by atoms with Crippen molar-refractivity contribution < 1.29 is 0 Å². The fourth-order valence-corrected chi connectivity index (χ4v) is 2.02. The average molecular weight is 232 g/mol. The average Bonchev–Trinajstić information content (AvgIpc) is 3.00. The molecular weight excluding hydrogens is 220 g/mol. The lowest BCUT2D eigenvalue weighted by Gasteiger charge is -2.02. The minimum Gasteiger partial charge on any atom is -0.310 e. The molecule has 2 aromatic heterocycles. The largest absolute Gasteiger partial charge is 0.310 e. The van der Waals surface area contributed by atoms with Gasteiger partial charge in [0.25, 0.3) is 0 Å². The van der Waals surface area contributed by atoms with Crippen LogP contribution in [-0.2, 0) is 6.54 Å². The maximum absolute atomic E-state index is 4.34. The summed E-state index contributed by atoms with van der Waals surface area (Å²) in [4.78, 5) is 13.7. The van der Waals surface area contributed by atoms with Gasteiger partial charge in [0.1, 0.15) is 0 Å². The molecule has 4 nitrogen and oxygen atoms in total. The van der Waals surface area contributed by atoms with Gasteiger partial charge < -0.3 is 5.32 Å². The van der Waals surface area contributed by atoms with Crippen molar-refractivity contribution in [1.29, 1.82) is 0 Å². The Bertz CT molecular complexity index is 447. The monoisotopic (exact) mass is 232 g/mol. The molecule has 0 spiro atoms. The molecule has 0 radical (unpaired) electrons. The van der Waals surface area contributed by atoms with Crippen LogP contribution in [0, 0.1) is 0 Å². The number of rotatable bonds is 4. The van der Waals surface area contributed by atoms with E-state index in [2.05, 4.69) is 20.3 Å². The van der Waals surface area contributed by atoms with Gasteiger partial charge in [0.15, 0.2) is 5.82 Å². The molecule has 0 unspecified atom stereocenters. The Morgan fingerprint density at radius 3 is 2.69 bits per heavy atom. The Morgan fingerprint density at radius 1 is 1.25 bits per heavy atom. The van der Waals surface area contributed by atoms with E-state index < -0.39 is 0 Å². The van der Waals surface area contributed by atoms with Crippen molar-refractivity contribution in [2.45, 2.75) is 25.4 Å². The van der Waals surface area contributed by atoms with Gasteiger partial charge in [-0.05, 0) is 12.8 Å². The molecule has 0 saturated heterocycles. The first-order valence-electron chi connectivity index (χ1n) is 5.35. The molecule has 5 heteroatoms. The van der Waals surface area contributed by atoms with E-state index >= 15 is 0 Å². The predicted molar refractivity (Wildman–Crippen MR) is 63.0 cm³/mol. The summed E-state index contributed by atoms with van der Waals surface area (Å²) < 4.78 is 0. The van der Waals surface area contributed by atoms with Crippen molar-refractivity contribution in [3.05, 3.63) is 29.7 Å². The third-order valence-electron chi connectivity index (χ3n) is 2.53. The highest BCUT2D eigenvalue weighted by molar-refractivity contribution is 7.13. The predicted octanol–water partition coefficient (Wildman–Crippen LogP) is 1.85. The summed E-state index contributed by atoms with van der Waals surface area (Å²) in [5, 5.41) is 3.44. The van der Waals surface area contributed by atoms with Gasteiger partial charge in [0.05, 0.1) is 10.4 Å². The number of nitrogens with zero attached hydrogens (tertiary/aromatic N) is 3. The normalized spacial score (nSPS) is 15.2. The zero-order valence-electron chi connectivity index (χ0n) is 8.76. The SMILES string of the molecule is c1ncc(-c2ncc(CNC3CC3)cn2)s1. The Morgan fingerprint density at radius 2 is 2.06 bits per heavy atom. The highest BCUT2D eigenvalue weighted by Gasteiger charge is 2.19. The van der Waals surface area contributed by atoms with E-state index in [0.29, 0.717) is 0 Å². The van der Waals surface area contributed by atoms with Crippen molar-refractivity contribution in [2.75, 3.05) is 0 Å². The molecule has 16 heavy (non-hydrogen) atoms. The van der Waals surface area contributed by atoms with Crippen LogP contribution in [0.1, 0.15) is 18.4 Å². The zero-order chi connectivity index (χ0) is 10.8. The fraction of sp³-hybridized carbons (Fsp3) is 0.364. The van der Waals surface area contributed by atoms with E-state index in [1.807, 2.05) is 12.4 Å². The Balaban J connectivity index is 1.69. The lowest BCUT2D eigenvalue weighted by molar-refractivity contribution is 0.684. The smallest absolute Gasteiger partial charge is 0.171 e. The standard InChI is InChI=1S/C11H12N4S/c1-2-9(1)13-3-8-4-14-11(15-5-8)10-6-12-7-16-10/h4-7,9,13H,1-3H2. The van der Waals surface area contributed by atoms with E-state index in [4.69, 9.17) is 0 Å². The highest BCUT2D eigenvalue weighted by atomic mass is 32.1. The third-order valence-corrected chi connectivity index (χ3v) is 3.30. The summed E-state index contributed by atoms with van der Waals surface area (Å²) in [6.07, 6.45) is 8.18. The molecular formula is C11H12N4S. The van der Waals surface area contributed by atoms with Crippen LogP contribution in [0.25, 0.3) is 10.7 Å². The summed E-state index contributed by atoms with van der Waals surface area (Å²) in [6, 6.07) is 0.723. The van der Waals surface area contributed by atoms with E-state index in [1.165, 1.54) is 12.8 Å². The van der Waals surface area contributed by atoms with Gasteiger partial charge in [-0.3, -0.25) is 4.98 Å². The second-order valence-electron chi connectivity index (χ2n) is 3.94. The molecule has 1 saturated carbocycles. The summed E-state index contributed by atoms with van der Waals surface area (Å²) in [7, 11) is 0. The molecule has 0 amide bonds. The van der Waals surface area contributed by atoms with Crippen molar-refractivity contribution in [1.82, 2.24) is 20.3 Å². The Kier molecular flexibility index (Phi) is 2.63. The lowest BCUT2D eigenvalue weighted by atomic mass is 10.3. The van der Waals surface area contributed by atoms with Crippen LogP contribution in [0.5, 0.6) is 0 Å². The molecule has 2 aromatic rings. The molecule has 82 valence electrons. The van der Waals surface area contributed by atoms with Gasteiger partial charge in [-0.15, -0.1) is 11.3 Å². The van der Waals surface area contributed by atoms with Gasteiger partial charge in [-0.25, -0.2) is 9.97 Å². The summed E-state index contributed by atoms with van der Waals surface area (Å²) >= 11 is 1.56. The molecule has 2 heterocycles. The van der Waals surface area contributed by atoms with E-state index in [1.54, 1.807) is 23.0 Å². The quantitative estimate of drug-likeness (QED) is 0.874. The van der Waals surface area contributed by atoms with E-state index in [0.717, 1.165) is 28.9 Å². The summed E-state index contributed by atoms with van der Waals surface area (Å²) in [6.45, 7) is 0.869. The van der Waals surface area contributed by atoms with Crippen molar-refractivity contribution in [3.8, 4) is 10.7 Å². The van der Waals surface area contributed by atoms with E-state index in [9.17, 15) is 0 Å². The fourth-order valence-electron chi connectivity index (χ4n) is 1.45. The minimum atomic E-state index is 0.723. The van der Waals surface area contributed by atoms with Crippen molar-refractivity contribution >= 4 is 11.3 Å². The first-order chi connectivity index (χ1) is 7.92. The van der Waals surface area contributed by atoms with Crippen molar-refractivity contribution in [3.63, 3.8) is 0 Å². The molecule has 1 aliphatic rings. The second-order valence-corrected chi connectivity index (χ2v) is 4.82. The molecule has 1 aliphatic carbocycles. The second kappa shape index (κ2) is 4.27. The van der Waals surface area contributed by atoms with Gasteiger partial charge in [-0.1, -0.05) is 0 Å². The summed E-state index contributed by atoms with van der Waals surface area (Å²) in [5.74, 6) is 0.762. The Labute approximate surface area is 97.8 Å². The van der Waals surface area contributed by atoms with Gasteiger partial charge in [0, 0.05) is 36.7 Å².